The minimum absolute atomic E-state index is 0.159. The van der Waals surface area contributed by atoms with Gasteiger partial charge in [-0.1, -0.05) is 13.8 Å². The van der Waals surface area contributed by atoms with Crippen molar-refractivity contribution >= 4 is 17.3 Å². The van der Waals surface area contributed by atoms with Crippen LogP contribution in [-0.4, -0.2) is 37.0 Å². The highest BCUT2D eigenvalue weighted by molar-refractivity contribution is 5.96. The summed E-state index contributed by atoms with van der Waals surface area (Å²) in [6.45, 7) is 8.03. The monoisotopic (exact) mass is 259 g/mol. The second kappa shape index (κ2) is 4.76. The lowest BCUT2D eigenvalue weighted by Crippen LogP contribution is -2.29. The maximum Gasteiger partial charge on any atom is 0.253 e. The molecule has 4 heteroatoms. The Morgan fingerprint density at radius 2 is 1.74 bits per heavy atom. The van der Waals surface area contributed by atoms with Crippen LogP contribution in [0.1, 0.15) is 24.2 Å². The van der Waals surface area contributed by atoms with E-state index in [1.165, 1.54) is 0 Å². The zero-order valence-corrected chi connectivity index (χ0v) is 11.6. The Kier molecular flexibility index (Phi) is 3.09. The molecule has 3 rings (SSSR count). The lowest BCUT2D eigenvalue weighted by atomic mass is 10.0. The van der Waals surface area contributed by atoms with Crippen molar-refractivity contribution in [2.24, 2.45) is 11.8 Å². The van der Waals surface area contributed by atoms with Gasteiger partial charge in [-0.2, -0.15) is 0 Å². The number of amides is 1. The number of nitrogens with one attached hydrogen (secondary N) is 2. The molecule has 0 spiro atoms. The smallest absolute Gasteiger partial charge is 0.253 e. The molecule has 19 heavy (non-hydrogen) atoms. The first-order valence-electron chi connectivity index (χ1n) is 7.06. The van der Waals surface area contributed by atoms with Gasteiger partial charge in [0.1, 0.15) is 0 Å². The van der Waals surface area contributed by atoms with Crippen LogP contribution in [-0.2, 0) is 0 Å². The van der Waals surface area contributed by atoms with E-state index in [0.29, 0.717) is 11.8 Å². The van der Waals surface area contributed by atoms with Crippen LogP contribution < -0.4 is 10.6 Å². The molecule has 2 heterocycles. The molecule has 1 aromatic rings. The number of likely N-dealkylation sites (tertiary alicyclic amines) is 1. The van der Waals surface area contributed by atoms with Crippen molar-refractivity contribution in [3.8, 4) is 0 Å². The Hall–Kier alpha value is -1.71. The van der Waals surface area contributed by atoms with Gasteiger partial charge in [-0.15, -0.1) is 0 Å². The van der Waals surface area contributed by atoms with Gasteiger partial charge in [-0.3, -0.25) is 4.79 Å². The first-order valence-corrected chi connectivity index (χ1v) is 7.06. The normalized spacial score (nSPS) is 25.5. The summed E-state index contributed by atoms with van der Waals surface area (Å²) in [7, 11) is 0. The Balaban J connectivity index is 1.80. The van der Waals surface area contributed by atoms with Crippen LogP contribution in [0.25, 0.3) is 0 Å². The average Bonchev–Trinajstić information content (AvgIpc) is 2.77. The van der Waals surface area contributed by atoms with E-state index in [1.54, 1.807) is 0 Å². The van der Waals surface area contributed by atoms with E-state index in [4.69, 9.17) is 0 Å². The summed E-state index contributed by atoms with van der Waals surface area (Å²) in [5.41, 5.74) is 2.92. The summed E-state index contributed by atoms with van der Waals surface area (Å²) >= 11 is 0. The molecule has 0 aliphatic carbocycles. The quantitative estimate of drug-likeness (QED) is 0.813. The van der Waals surface area contributed by atoms with Crippen molar-refractivity contribution in [1.82, 2.24) is 4.90 Å². The summed E-state index contributed by atoms with van der Waals surface area (Å²) in [4.78, 5) is 14.5. The van der Waals surface area contributed by atoms with E-state index in [9.17, 15) is 4.79 Å². The molecule has 2 atom stereocenters. The van der Waals surface area contributed by atoms with Gasteiger partial charge < -0.3 is 15.5 Å². The molecule has 1 saturated heterocycles. The highest BCUT2D eigenvalue weighted by Crippen LogP contribution is 2.28. The topological polar surface area (TPSA) is 44.4 Å². The van der Waals surface area contributed by atoms with Crippen LogP contribution in [0.5, 0.6) is 0 Å². The molecular formula is C15H21N3O. The summed E-state index contributed by atoms with van der Waals surface area (Å²) in [5.74, 6) is 1.36. The molecule has 2 aliphatic heterocycles. The molecule has 2 N–H and O–H groups in total. The number of fused-ring (bicyclic) bond motifs is 1. The summed E-state index contributed by atoms with van der Waals surface area (Å²) in [6, 6.07) is 5.89. The van der Waals surface area contributed by atoms with Crippen LogP contribution in [0.2, 0.25) is 0 Å². The van der Waals surface area contributed by atoms with Gasteiger partial charge in [0, 0.05) is 31.7 Å². The molecule has 1 aromatic carbocycles. The molecular weight excluding hydrogens is 238 g/mol. The van der Waals surface area contributed by atoms with Crippen molar-refractivity contribution in [1.29, 1.82) is 0 Å². The first-order chi connectivity index (χ1) is 9.15. The third-order valence-electron chi connectivity index (χ3n) is 4.30. The van der Waals surface area contributed by atoms with E-state index in [1.807, 2.05) is 23.1 Å². The molecule has 1 fully saturated rings. The van der Waals surface area contributed by atoms with Crippen molar-refractivity contribution in [2.45, 2.75) is 13.8 Å². The minimum atomic E-state index is 0.159. The molecule has 102 valence electrons. The third kappa shape index (κ3) is 2.27. The van der Waals surface area contributed by atoms with Crippen LogP contribution in [0.4, 0.5) is 11.4 Å². The summed E-state index contributed by atoms with van der Waals surface area (Å²) in [5, 5.41) is 6.66. The number of benzene rings is 1. The predicted octanol–water partition coefficient (Wildman–Crippen LogP) is 2.25. The number of anilines is 2. The first kappa shape index (κ1) is 12.3. The fourth-order valence-corrected chi connectivity index (χ4v) is 2.85. The van der Waals surface area contributed by atoms with Crippen LogP contribution in [0, 0.1) is 11.8 Å². The van der Waals surface area contributed by atoms with Gasteiger partial charge in [0.25, 0.3) is 5.91 Å². The van der Waals surface area contributed by atoms with Gasteiger partial charge in [0.15, 0.2) is 0 Å². The molecule has 4 nitrogen and oxygen atoms in total. The Morgan fingerprint density at radius 3 is 2.42 bits per heavy atom. The zero-order chi connectivity index (χ0) is 13.4. The van der Waals surface area contributed by atoms with Crippen LogP contribution in [0.3, 0.4) is 0 Å². The molecule has 0 radical (unpaired) electrons. The lowest BCUT2D eigenvalue weighted by Gasteiger charge is -2.22. The van der Waals surface area contributed by atoms with E-state index >= 15 is 0 Å². The second-order valence-corrected chi connectivity index (χ2v) is 5.78. The summed E-state index contributed by atoms with van der Waals surface area (Å²) in [6.07, 6.45) is 0. The van der Waals surface area contributed by atoms with Gasteiger partial charge in [0.2, 0.25) is 0 Å². The minimum Gasteiger partial charge on any atom is -0.382 e. The fraction of sp³-hybridized carbons (Fsp3) is 0.533. The number of carbonyl (C=O) groups excluding carboxylic acids is 1. The van der Waals surface area contributed by atoms with E-state index < -0.39 is 0 Å². The number of carbonyl (C=O) groups is 1. The number of hydrogen-bond donors (Lipinski definition) is 2. The fourth-order valence-electron chi connectivity index (χ4n) is 2.85. The standard InChI is InChI=1S/C15H21N3O/c1-10-8-18(9-11(10)2)15(19)12-3-4-13-14(7-12)17-6-5-16-13/h3-4,7,10-11,16-17H,5-6,8-9H2,1-2H3. The van der Waals surface area contributed by atoms with E-state index in [2.05, 4.69) is 24.5 Å². The van der Waals surface area contributed by atoms with Gasteiger partial charge in [0.05, 0.1) is 11.4 Å². The van der Waals surface area contributed by atoms with E-state index in [0.717, 1.165) is 43.1 Å². The Morgan fingerprint density at radius 1 is 1.11 bits per heavy atom. The number of nitrogens with zero attached hydrogens (tertiary/aromatic N) is 1. The third-order valence-corrected chi connectivity index (χ3v) is 4.30. The van der Waals surface area contributed by atoms with Gasteiger partial charge in [-0.25, -0.2) is 0 Å². The largest absolute Gasteiger partial charge is 0.382 e. The SMILES string of the molecule is CC1CN(C(=O)c2ccc3c(c2)NCCN3)CC1C. The van der Waals surface area contributed by atoms with E-state index in [-0.39, 0.29) is 5.91 Å². The number of hydrogen-bond acceptors (Lipinski definition) is 3. The summed E-state index contributed by atoms with van der Waals surface area (Å²) < 4.78 is 0. The lowest BCUT2D eigenvalue weighted by molar-refractivity contribution is 0.0785. The zero-order valence-electron chi connectivity index (χ0n) is 11.6. The molecule has 0 aromatic heterocycles. The maximum atomic E-state index is 12.5. The number of rotatable bonds is 1. The van der Waals surface area contributed by atoms with Gasteiger partial charge >= 0.3 is 0 Å². The van der Waals surface area contributed by atoms with Crippen LogP contribution in [0.15, 0.2) is 18.2 Å². The molecule has 0 saturated carbocycles. The molecule has 1 amide bonds. The maximum absolute atomic E-state index is 12.5. The average molecular weight is 259 g/mol. The highest BCUT2D eigenvalue weighted by Gasteiger charge is 2.30. The Bertz CT molecular complexity index is 490. The Labute approximate surface area is 114 Å². The molecule has 0 bridgehead atoms. The van der Waals surface area contributed by atoms with Crippen molar-refractivity contribution in [3.05, 3.63) is 23.8 Å². The predicted molar refractivity (Wildman–Crippen MR) is 77.7 cm³/mol. The van der Waals surface area contributed by atoms with Crippen molar-refractivity contribution < 1.29 is 4.79 Å². The van der Waals surface area contributed by atoms with Gasteiger partial charge in [-0.05, 0) is 30.0 Å². The van der Waals surface area contributed by atoms with Crippen molar-refractivity contribution in [3.63, 3.8) is 0 Å². The second-order valence-electron chi connectivity index (χ2n) is 5.78. The molecule has 2 unspecified atom stereocenters. The highest BCUT2D eigenvalue weighted by atomic mass is 16.2. The van der Waals surface area contributed by atoms with Crippen molar-refractivity contribution in [2.75, 3.05) is 36.8 Å². The van der Waals surface area contributed by atoms with Crippen LogP contribution >= 0.6 is 0 Å². The molecule has 2 aliphatic rings.